The van der Waals surface area contributed by atoms with E-state index in [1.165, 1.54) is 18.2 Å². The minimum Gasteiger partial charge on any atom is -0.258 e. The molecule has 1 heterocycles. The molecule has 0 bridgehead atoms. The lowest BCUT2D eigenvalue weighted by molar-refractivity contribution is -0.385. The Kier molecular flexibility index (Phi) is 3.42. The molecule has 2 aromatic carbocycles. The molecular formula is C12H7BrN2O4S2. The first-order valence-electron chi connectivity index (χ1n) is 5.65. The average Bonchev–Trinajstić information content (AvgIpc) is 2.71. The van der Waals surface area contributed by atoms with Gasteiger partial charge in [-0.2, -0.15) is 8.42 Å². The maximum absolute atomic E-state index is 12.0. The fourth-order valence-electron chi connectivity index (χ4n) is 1.89. The molecule has 0 N–H and O–H groups in total. The summed E-state index contributed by atoms with van der Waals surface area (Å²) in [6, 6.07) is 10.8. The molecule has 0 aromatic heterocycles. The van der Waals surface area contributed by atoms with E-state index in [4.69, 9.17) is 0 Å². The van der Waals surface area contributed by atoms with Crippen molar-refractivity contribution >= 4 is 42.3 Å². The normalized spacial score (nSPS) is 18.8. The van der Waals surface area contributed by atoms with E-state index in [1.54, 1.807) is 24.3 Å². The monoisotopic (exact) mass is 386 g/mol. The fourth-order valence-corrected chi connectivity index (χ4v) is 6.17. The highest BCUT2D eigenvalue weighted by Gasteiger charge is 2.30. The van der Waals surface area contributed by atoms with E-state index in [1.807, 2.05) is 0 Å². The molecule has 108 valence electrons. The van der Waals surface area contributed by atoms with Gasteiger partial charge in [0.25, 0.3) is 15.7 Å². The number of benzene rings is 2. The van der Waals surface area contributed by atoms with Crippen molar-refractivity contribution in [1.82, 2.24) is 0 Å². The van der Waals surface area contributed by atoms with Crippen LogP contribution in [-0.2, 0) is 20.7 Å². The number of hydrogen-bond donors (Lipinski definition) is 0. The maximum atomic E-state index is 12.0. The van der Waals surface area contributed by atoms with E-state index in [0.29, 0.717) is 9.79 Å². The topological polar surface area (TPSA) is 89.6 Å². The summed E-state index contributed by atoms with van der Waals surface area (Å²) in [6.45, 7) is 0. The number of non-ortho nitro benzene ring substituents is 1. The van der Waals surface area contributed by atoms with Crippen molar-refractivity contribution in [2.45, 2.75) is 14.7 Å². The van der Waals surface area contributed by atoms with Gasteiger partial charge in [0.05, 0.1) is 9.82 Å². The largest absolute Gasteiger partial charge is 0.289 e. The third kappa shape index (κ3) is 2.52. The number of fused-ring (bicyclic) bond motifs is 1. The Morgan fingerprint density at radius 3 is 2.43 bits per heavy atom. The van der Waals surface area contributed by atoms with Gasteiger partial charge >= 0.3 is 0 Å². The van der Waals surface area contributed by atoms with Crippen LogP contribution in [0.1, 0.15) is 0 Å². The molecule has 2 aromatic rings. The van der Waals surface area contributed by atoms with E-state index in [9.17, 15) is 18.5 Å². The predicted octanol–water partition coefficient (Wildman–Crippen LogP) is 3.28. The molecule has 0 saturated carbocycles. The van der Waals surface area contributed by atoms with Crippen molar-refractivity contribution in [3.8, 4) is 0 Å². The van der Waals surface area contributed by atoms with Crippen LogP contribution >= 0.6 is 15.9 Å². The van der Waals surface area contributed by atoms with Gasteiger partial charge in [0, 0.05) is 21.5 Å². The Hall–Kier alpha value is -1.58. The van der Waals surface area contributed by atoms with Crippen molar-refractivity contribution in [2.75, 3.05) is 0 Å². The summed E-state index contributed by atoms with van der Waals surface area (Å²) < 4.78 is 28.8. The quantitative estimate of drug-likeness (QED) is 0.584. The fraction of sp³-hybridized carbons (Fsp3) is 0. The molecule has 0 saturated heterocycles. The standard InChI is InChI=1S/C12H7BrN2O4S2/c13-8-1-4-10(5-2-8)20-11-7-9(15(16)17)3-6-12(11)21(18,19)14-20/h1-7H/t20-/m0/s1. The first-order chi connectivity index (χ1) is 9.88. The summed E-state index contributed by atoms with van der Waals surface area (Å²) in [5.41, 5.74) is -0.143. The van der Waals surface area contributed by atoms with Crippen LogP contribution in [0.5, 0.6) is 0 Å². The summed E-state index contributed by atoms with van der Waals surface area (Å²) >= 11 is 3.30. The van der Waals surface area contributed by atoms with Crippen molar-refractivity contribution in [2.24, 2.45) is 3.77 Å². The molecular weight excluding hydrogens is 380 g/mol. The van der Waals surface area contributed by atoms with Gasteiger partial charge in [-0.25, -0.2) is 0 Å². The molecule has 3 rings (SSSR count). The zero-order chi connectivity index (χ0) is 15.2. The van der Waals surface area contributed by atoms with Crippen LogP contribution in [0.3, 0.4) is 0 Å². The van der Waals surface area contributed by atoms with Gasteiger partial charge in [-0.15, -0.1) is 3.77 Å². The zero-order valence-corrected chi connectivity index (χ0v) is 13.5. The highest BCUT2D eigenvalue weighted by molar-refractivity contribution is 9.10. The van der Waals surface area contributed by atoms with Gasteiger partial charge in [-0.05, 0) is 41.0 Å². The Morgan fingerprint density at radius 2 is 1.81 bits per heavy atom. The molecule has 0 aliphatic carbocycles. The van der Waals surface area contributed by atoms with E-state index >= 15 is 0 Å². The SMILES string of the molecule is O=[N+]([O-])c1ccc2c(c1)[S@](c1ccc(Br)cc1)=NS2(=O)=O. The molecule has 0 spiro atoms. The minimum atomic E-state index is -3.75. The molecule has 0 amide bonds. The molecule has 0 fully saturated rings. The van der Waals surface area contributed by atoms with Crippen LogP contribution in [-0.4, -0.2) is 13.3 Å². The number of sulfonamides is 1. The second-order valence-electron chi connectivity index (χ2n) is 4.18. The minimum absolute atomic E-state index is 0.0411. The molecule has 0 radical (unpaired) electrons. The van der Waals surface area contributed by atoms with E-state index < -0.39 is 25.6 Å². The second kappa shape index (κ2) is 5.00. The van der Waals surface area contributed by atoms with Gasteiger partial charge in [0.15, 0.2) is 0 Å². The van der Waals surface area contributed by atoms with Crippen molar-refractivity contribution in [3.63, 3.8) is 0 Å². The van der Waals surface area contributed by atoms with Crippen molar-refractivity contribution in [3.05, 3.63) is 57.1 Å². The number of nitro groups is 1. The lowest BCUT2D eigenvalue weighted by Gasteiger charge is -2.03. The molecule has 6 nitrogen and oxygen atoms in total. The second-order valence-corrected chi connectivity index (χ2v) is 8.56. The first-order valence-corrected chi connectivity index (χ1v) is 9.06. The van der Waals surface area contributed by atoms with Crippen molar-refractivity contribution < 1.29 is 13.3 Å². The summed E-state index contributed by atoms with van der Waals surface area (Å²) in [5, 5.41) is 10.9. The highest BCUT2D eigenvalue weighted by Crippen LogP contribution is 2.36. The van der Waals surface area contributed by atoms with E-state index in [0.717, 1.165) is 4.47 Å². The lowest BCUT2D eigenvalue weighted by Crippen LogP contribution is -1.96. The molecule has 9 heteroatoms. The first kappa shape index (κ1) is 14.4. The Labute approximate surface area is 131 Å². The van der Waals surface area contributed by atoms with Crippen LogP contribution in [0.25, 0.3) is 0 Å². The average molecular weight is 387 g/mol. The summed E-state index contributed by atoms with van der Waals surface area (Å²) in [5.74, 6) is 0. The molecule has 1 aliphatic rings. The van der Waals surface area contributed by atoms with Crippen molar-refractivity contribution in [1.29, 1.82) is 0 Å². The Bertz CT molecular complexity index is 892. The number of hydrogen-bond acceptors (Lipinski definition) is 4. The zero-order valence-electron chi connectivity index (χ0n) is 10.3. The van der Waals surface area contributed by atoms with Crippen LogP contribution in [0, 0.1) is 10.1 Å². The summed E-state index contributed by atoms with van der Waals surface area (Å²) in [4.78, 5) is 11.4. The summed E-state index contributed by atoms with van der Waals surface area (Å²) in [6.07, 6.45) is 0. The molecule has 21 heavy (non-hydrogen) atoms. The Morgan fingerprint density at radius 1 is 1.14 bits per heavy atom. The molecule has 0 unspecified atom stereocenters. The third-order valence-electron chi connectivity index (χ3n) is 2.83. The van der Waals surface area contributed by atoms with Crippen LogP contribution in [0.4, 0.5) is 5.69 Å². The lowest BCUT2D eigenvalue weighted by atomic mass is 10.3. The molecule has 1 atom stereocenters. The highest BCUT2D eigenvalue weighted by atomic mass is 79.9. The smallest absolute Gasteiger partial charge is 0.258 e. The number of nitrogens with zero attached hydrogens (tertiary/aromatic N) is 2. The van der Waals surface area contributed by atoms with Gasteiger partial charge < -0.3 is 0 Å². The summed E-state index contributed by atoms with van der Waals surface area (Å²) in [7, 11) is -4.81. The number of rotatable bonds is 2. The van der Waals surface area contributed by atoms with Gasteiger partial charge in [0.2, 0.25) is 0 Å². The van der Waals surface area contributed by atoms with Crippen LogP contribution in [0.15, 0.2) is 65.4 Å². The molecule has 1 aliphatic heterocycles. The number of halogens is 1. The van der Waals surface area contributed by atoms with Gasteiger partial charge in [0.1, 0.15) is 4.90 Å². The van der Waals surface area contributed by atoms with Crippen LogP contribution in [0.2, 0.25) is 0 Å². The van der Waals surface area contributed by atoms with E-state index in [-0.39, 0.29) is 10.6 Å². The predicted molar refractivity (Wildman–Crippen MR) is 80.7 cm³/mol. The third-order valence-corrected chi connectivity index (χ3v) is 7.26. The number of nitro benzene ring substituents is 1. The van der Waals surface area contributed by atoms with E-state index in [2.05, 4.69) is 19.7 Å². The van der Waals surface area contributed by atoms with Gasteiger partial charge in [-0.1, -0.05) is 15.9 Å². The van der Waals surface area contributed by atoms with Crippen LogP contribution < -0.4 is 0 Å². The Balaban J connectivity index is 2.24. The van der Waals surface area contributed by atoms with Gasteiger partial charge in [-0.3, -0.25) is 10.1 Å². The maximum Gasteiger partial charge on any atom is 0.289 e.